The number of hydrogen-bond acceptors (Lipinski definition) is 6. The smallest absolute Gasteiger partial charge is 0.305 e. The van der Waals surface area contributed by atoms with Crippen LogP contribution in [0.15, 0.2) is 0 Å². The molecule has 10 atom stereocenters. The van der Waals surface area contributed by atoms with Gasteiger partial charge in [-0.15, -0.1) is 0 Å². The number of rotatable bonds is 17. The number of carbonyl (C=O) groups excluding carboxylic acids is 1. The van der Waals surface area contributed by atoms with Gasteiger partial charge in [0.05, 0.1) is 13.2 Å². The quantitative estimate of drug-likeness (QED) is 0.115. The predicted octanol–water partition coefficient (Wildman–Crippen LogP) is 6.44. The summed E-state index contributed by atoms with van der Waals surface area (Å²) in [6.45, 7) is 11.6. The zero-order valence-electron chi connectivity index (χ0n) is 27.8. The topological polar surface area (TPSA) is 96.6 Å². The average Bonchev–Trinajstić information content (AvgIpc) is 3.35. The molecule has 4 rings (SSSR count). The van der Waals surface area contributed by atoms with Crippen LogP contribution in [-0.2, 0) is 9.53 Å². The number of aliphatic hydroxyl groups is 1. The summed E-state index contributed by atoms with van der Waals surface area (Å²) in [7, 11) is 1.49. The zero-order chi connectivity index (χ0) is 30.2. The van der Waals surface area contributed by atoms with Crippen molar-refractivity contribution >= 4 is 5.97 Å². The number of fused-ring (bicyclic) bond motifs is 5. The Bertz CT molecular complexity index is 825. The van der Waals surface area contributed by atoms with Crippen molar-refractivity contribution < 1.29 is 14.6 Å². The maximum atomic E-state index is 11.8. The molecular formula is C36H67N3O3. The second-order valence-electron chi connectivity index (χ2n) is 15.5. The second-order valence-corrected chi connectivity index (χ2v) is 15.5. The van der Waals surface area contributed by atoms with Gasteiger partial charge in [0.15, 0.2) is 0 Å². The molecule has 0 saturated heterocycles. The summed E-state index contributed by atoms with van der Waals surface area (Å²) in [6.07, 6.45) is 20.3. The first-order valence-corrected chi connectivity index (χ1v) is 18.1. The van der Waals surface area contributed by atoms with E-state index in [1.165, 1.54) is 97.0 Å². The van der Waals surface area contributed by atoms with Gasteiger partial charge in [0, 0.05) is 12.5 Å². The zero-order valence-corrected chi connectivity index (χ0v) is 27.8. The number of ether oxygens (including phenoxy) is 1. The van der Waals surface area contributed by atoms with Crippen molar-refractivity contribution in [2.45, 2.75) is 142 Å². The Hall–Kier alpha value is -0.690. The molecule has 0 bridgehead atoms. The standard InChI is InChI=1S/C36H67N3O3/c1-26(12-17-34(41)42-4)30-15-16-31-29-14-13-27-24-28(18-19-35(27,2)32(29)25-33(40)36(30,31)3)39-23-11-22-38-21-10-8-6-5-7-9-20-37/h26-33,38-40H,5-25,37H2,1-4H3/t26-,27-,28+,29?,30-,31?,32?,33-,35+,36-/m1/s1. The Morgan fingerprint density at radius 2 is 1.67 bits per heavy atom. The van der Waals surface area contributed by atoms with Crippen molar-refractivity contribution in [3.8, 4) is 0 Å². The van der Waals surface area contributed by atoms with Gasteiger partial charge in [-0.3, -0.25) is 4.79 Å². The highest BCUT2D eigenvalue weighted by molar-refractivity contribution is 5.69. The molecule has 6 heteroatoms. The van der Waals surface area contributed by atoms with E-state index >= 15 is 0 Å². The van der Waals surface area contributed by atoms with E-state index < -0.39 is 0 Å². The van der Waals surface area contributed by atoms with Crippen LogP contribution in [0, 0.1) is 46.3 Å². The molecule has 0 aromatic carbocycles. The molecule has 3 unspecified atom stereocenters. The summed E-state index contributed by atoms with van der Waals surface area (Å²) in [5, 5.41) is 19.4. The van der Waals surface area contributed by atoms with Crippen molar-refractivity contribution in [2.75, 3.05) is 33.3 Å². The molecule has 4 saturated carbocycles. The Balaban J connectivity index is 1.20. The van der Waals surface area contributed by atoms with Gasteiger partial charge in [-0.05, 0) is 150 Å². The van der Waals surface area contributed by atoms with Crippen LogP contribution in [0.1, 0.15) is 130 Å². The molecule has 5 N–H and O–H groups in total. The molecule has 0 aromatic rings. The van der Waals surface area contributed by atoms with Crippen LogP contribution in [0.25, 0.3) is 0 Å². The minimum absolute atomic E-state index is 0.00282. The number of aliphatic hydroxyl groups excluding tert-OH is 1. The highest BCUT2D eigenvalue weighted by atomic mass is 16.5. The molecule has 0 radical (unpaired) electrons. The van der Waals surface area contributed by atoms with Crippen molar-refractivity contribution in [2.24, 2.45) is 52.1 Å². The molecular weight excluding hydrogens is 522 g/mol. The Kier molecular flexibility index (Phi) is 13.1. The first-order chi connectivity index (χ1) is 20.3. The Labute approximate surface area is 258 Å². The maximum Gasteiger partial charge on any atom is 0.305 e. The van der Waals surface area contributed by atoms with E-state index in [-0.39, 0.29) is 17.5 Å². The average molecular weight is 590 g/mol. The van der Waals surface area contributed by atoms with Gasteiger partial charge >= 0.3 is 5.97 Å². The number of hydrogen-bond donors (Lipinski definition) is 4. The van der Waals surface area contributed by atoms with Crippen molar-refractivity contribution in [1.29, 1.82) is 0 Å². The molecule has 244 valence electrons. The maximum absolute atomic E-state index is 11.8. The fourth-order valence-electron chi connectivity index (χ4n) is 10.8. The highest BCUT2D eigenvalue weighted by Crippen LogP contribution is 2.68. The SMILES string of the molecule is COC(=O)CC[C@@H](C)[C@H]1CCC2C3CC[C@@H]4C[C@@H](NCCCNCCCCCCCCN)CC[C@]4(C)C3C[C@@H](O)[C@@]21C. The summed E-state index contributed by atoms with van der Waals surface area (Å²) < 4.78 is 4.92. The van der Waals surface area contributed by atoms with E-state index in [0.717, 1.165) is 50.9 Å². The molecule has 42 heavy (non-hydrogen) atoms. The molecule has 0 spiro atoms. The lowest BCUT2D eigenvalue weighted by atomic mass is 9.43. The molecule has 0 amide bonds. The van der Waals surface area contributed by atoms with Crippen LogP contribution in [0.5, 0.6) is 0 Å². The van der Waals surface area contributed by atoms with E-state index in [9.17, 15) is 9.90 Å². The number of methoxy groups -OCH3 is 1. The number of unbranched alkanes of at least 4 members (excludes halogenated alkanes) is 5. The molecule has 4 aliphatic rings. The normalized spacial score (nSPS) is 38.4. The van der Waals surface area contributed by atoms with Gasteiger partial charge in [0.1, 0.15) is 0 Å². The summed E-state index contributed by atoms with van der Waals surface area (Å²) >= 11 is 0. The predicted molar refractivity (Wildman–Crippen MR) is 173 cm³/mol. The lowest BCUT2D eigenvalue weighted by Crippen LogP contribution is -2.59. The van der Waals surface area contributed by atoms with E-state index in [4.69, 9.17) is 10.5 Å². The monoisotopic (exact) mass is 590 g/mol. The number of carbonyl (C=O) groups is 1. The van der Waals surface area contributed by atoms with Gasteiger partial charge < -0.3 is 26.2 Å². The van der Waals surface area contributed by atoms with Gasteiger partial charge in [-0.25, -0.2) is 0 Å². The number of esters is 1. The van der Waals surface area contributed by atoms with Crippen LogP contribution in [-0.4, -0.2) is 56.5 Å². The van der Waals surface area contributed by atoms with Crippen LogP contribution in [0.4, 0.5) is 0 Å². The number of nitrogens with one attached hydrogen (secondary N) is 2. The summed E-state index contributed by atoms with van der Waals surface area (Å²) in [4.78, 5) is 11.8. The minimum atomic E-state index is -0.216. The molecule has 6 nitrogen and oxygen atoms in total. The second kappa shape index (κ2) is 16.0. The van der Waals surface area contributed by atoms with E-state index in [1.54, 1.807) is 0 Å². The van der Waals surface area contributed by atoms with Gasteiger partial charge in [0.25, 0.3) is 0 Å². The van der Waals surface area contributed by atoms with Gasteiger partial charge in [0.2, 0.25) is 0 Å². The van der Waals surface area contributed by atoms with Gasteiger partial charge in [-0.1, -0.05) is 46.5 Å². The Morgan fingerprint density at radius 1 is 0.929 bits per heavy atom. The first kappa shape index (κ1) is 34.2. The van der Waals surface area contributed by atoms with Crippen LogP contribution < -0.4 is 16.4 Å². The van der Waals surface area contributed by atoms with E-state index in [2.05, 4.69) is 31.4 Å². The van der Waals surface area contributed by atoms with Crippen molar-refractivity contribution in [3.05, 3.63) is 0 Å². The summed E-state index contributed by atoms with van der Waals surface area (Å²) in [5.74, 6) is 3.71. The third-order valence-corrected chi connectivity index (χ3v) is 13.3. The third-order valence-electron chi connectivity index (χ3n) is 13.3. The lowest BCUT2D eigenvalue weighted by Gasteiger charge is -2.62. The van der Waals surface area contributed by atoms with Crippen LogP contribution in [0.3, 0.4) is 0 Å². The molecule has 0 aliphatic heterocycles. The van der Waals surface area contributed by atoms with Gasteiger partial charge in [-0.2, -0.15) is 0 Å². The molecule has 4 aliphatic carbocycles. The number of nitrogens with two attached hydrogens (primary N) is 1. The summed E-state index contributed by atoms with van der Waals surface area (Å²) in [6, 6.07) is 0.665. The van der Waals surface area contributed by atoms with Crippen molar-refractivity contribution in [1.82, 2.24) is 10.6 Å². The fraction of sp³-hybridized carbons (Fsp3) is 0.972. The van der Waals surface area contributed by atoms with E-state index in [0.29, 0.717) is 41.5 Å². The lowest BCUT2D eigenvalue weighted by molar-refractivity contribution is -0.170. The van der Waals surface area contributed by atoms with Crippen molar-refractivity contribution in [3.63, 3.8) is 0 Å². The third kappa shape index (κ3) is 7.74. The first-order valence-electron chi connectivity index (χ1n) is 18.1. The fourth-order valence-corrected chi connectivity index (χ4v) is 10.8. The Morgan fingerprint density at radius 3 is 2.43 bits per heavy atom. The molecule has 0 heterocycles. The van der Waals surface area contributed by atoms with E-state index in [1.807, 2.05) is 0 Å². The largest absolute Gasteiger partial charge is 0.469 e. The van der Waals surface area contributed by atoms with Crippen LogP contribution >= 0.6 is 0 Å². The molecule has 4 fully saturated rings. The summed E-state index contributed by atoms with van der Waals surface area (Å²) in [5.41, 5.74) is 5.95. The highest BCUT2D eigenvalue weighted by Gasteiger charge is 2.63. The van der Waals surface area contributed by atoms with Crippen LogP contribution in [0.2, 0.25) is 0 Å². The minimum Gasteiger partial charge on any atom is -0.469 e. The molecule has 0 aromatic heterocycles.